The van der Waals surface area contributed by atoms with Crippen molar-refractivity contribution in [2.75, 3.05) is 5.32 Å². The van der Waals surface area contributed by atoms with Gasteiger partial charge in [0.1, 0.15) is 0 Å². The van der Waals surface area contributed by atoms with E-state index >= 15 is 0 Å². The molecule has 0 radical (unpaired) electrons. The van der Waals surface area contributed by atoms with Crippen molar-refractivity contribution in [3.63, 3.8) is 0 Å². The van der Waals surface area contributed by atoms with Crippen LogP contribution in [0.3, 0.4) is 0 Å². The Morgan fingerprint density at radius 1 is 1.50 bits per heavy atom. The molecule has 1 aromatic rings. The van der Waals surface area contributed by atoms with E-state index in [1.807, 2.05) is 6.92 Å². The van der Waals surface area contributed by atoms with Gasteiger partial charge in [-0.05, 0) is 24.6 Å². The van der Waals surface area contributed by atoms with Crippen LogP contribution in [-0.4, -0.2) is 17.1 Å². The number of nitrogens with one attached hydrogen (secondary N) is 2. The fraction of sp³-hybridized carbons (Fsp3) is 0.273. The van der Waals surface area contributed by atoms with E-state index in [9.17, 15) is 4.79 Å². The number of carbonyl (C=O) groups is 1. The highest BCUT2D eigenvalue weighted by molar-refractivity contribution is 7.80. The first kappa shape index (κ1) is 15.0. The zero-order valence-electron chi connectivity index (χ0n) is 9.67. The number of rotatable bonds is 4. The first-order valence-electron chi connectivity index (χ1n) is 5.26. The van der Waals surface area contributed by atoms with Crippen LogP contribution >= 0.6 is 35.4 Å². The number of hydrogen-bond donors (Lipinski definition) is 3. The average Bonchev–Trinajstić information content (AvgIpc) is 2.30. The minimum atomic E-state index is -0.432. The predicted molar refractivity (Wildman–Crippen MR) is 79.5 cm³/mol. The Hall–Kier alpha value is -1.04. The van der Waals surface area contributed by atoms with Crippen molar-refractivity contribution in [2.24, 2.45) is 5.73 Å². The van der Waals surface area contributed by atoms with Gasteiger partial charge in [-0.1, -0.05) is 42.3 Å². The van der Waals surface area contributed by atoms with Crippen LogP contribution in [0.1, 0.15) is 13.3 Å². The number of urea groups is 1. The number of nitrogens with two attached hydrogens (primary N) is 1. The van der Waals surface area contributed by atoms with Crippen LogP contribution in [0.5, 0.6) is 0 Å². The third kappa shape index (κ3) is 4.33. The van der Waals surface area contributed by atoms with Gasteiger partial charge < -0.3 is 16.4 Å². The van der Waals surface area contributed by atoms with Crippen molar-refractivity contribution in [3.8, 4) is 0 Å². The van der Waals surface area contributed by atoms with Crippen molar-refractivity contribution in [2.45, 2.75) is 19.4 Å². The van der Waals surface area contributed by atoms with Gasteiger partial charge in [-0.15, -0.1) is 0 Å². The van der Waals surface area contributed by atoms with Gasteiger partial charge in [0.05, 0.1) is 21.7 Å². The van der Waals surface area contributed by atoms with Gasteiger partial charge in [0, 0.05) is 5.02 Å². The molecule has 0 aliphatic carbocycles. The van der Waals surface area contributed by atoms with Crippen LogP contribution in [0.25, 0.3) is 0 Å². The van der Waals surface area contributed by atoms with Crippen molar-refractivity contribution in [3.05, 3.63) is 28.2 Å². The number of thiocarbonyl (C=S) groups is 1. The lowest BCUT2D eigenvalue weighted by Gasteiger charge is -2.16. The minimum Gasteiger partial charge on any atom is -0.392 e. The Bertz CT molecular complexity index is 468. The molecule has 1 unspecified atom stereocenters. The normalized spacial score (nSPS) is 11.7. The highest BCUT2D eigenvalue weighted by Gasteiger charge is 2.13. The second-order valence-electron chi connectivity index (χ2n) is 3.59. The van der Waals surface area contributed by atoms with Crippen LogP contribution in [0.4, 0.5) is 10.5 Å². The Labute approximate surface area is 121 Å². The maximum Gasteiger partial charge on any atom is 0.319 e. The number of benzene rings is 1. The first-order valence-corrected chi connectivity index (χ1v) is 6.42. The summed E-state index contributed by atoms with van der Waals surface area (Å²) in [6.45, 7) is 1.87. The van der Waals surface area contributed by atoms with Crippen LogP contribution in [0, 0.1) is 0 Å². The Balaban J connectivity index is 2.70. The van der Waals surface area contributed by atoms with Crippen LogP contribution < -0.4 is 16.4 Å². The smallest absolute Gasteiger partial charge is 0.319 e. The summed E-state index contributed by atoms with van der Waals surface area (Å²) in [6.07, 6.45) is 0.617. The molecule has 0 saturated carbocycles. The van der Waals surface area contributed by atoms with Gasteiger partial charge in [0.25, 0.3) is 0 Å². The summed E-state index contributed by atoms with van der Waals surface area (Å²) in [6, 6.07) is 4.02. The number of hydrogen-bond acceptors (Lipinski definition) is 2. The summed E-state index contributed by atoms with van der Waals surface area (Å²) in [5, 5.41) is 6.12. The van der Waals surface area contributed by atoms with Crippen molar-refractivity contribution < 1.29 is 4.79 Å². The largest absolute Gasteiger partial charge is 0.392 e. The van der Waals surface area contributed by atoms with Gasteiger partial charge in [-0.2, -0.15) is 0 Å². The van der Waals surface area contributed by atoms with Crippen molar-refractivity contribution in [1.82, 2.24) is 5.32 Å². The lowest BCUT2D eigenvalue weighted by atomic mass is 10.2. The van der Waals surface area contributed by atoms with Gasteiger partial charge in [0.15, 0.2) is 0 Å². The summed E-state index contributed by atoms with van der Waals surface area (Å²) >= 11 is 16.6. The highest BCUT2D eigenvalue weighted by Crippen LogP contribution is 2.25. The second kappa shape index (κ2) is 6.78. The van der Waals surface area contributed by atoms with E-state index in [1.165, 1.54) is 0 Å². The number of amides is 2. The average molecular weight is 306 g/mol. The van der Waals surface area contributed by atoms with E-state index in [4.69, 9.17) is 41.2 Å². The molecular weight excluding hydrogens is 293 g/mol. The Morgan fingerprint density at radius 2 is 2.17 bits per heavy atom. The van der Waals surface area contributed by atoms with Crippen LogP contribution in [0.15, 0.2) is 18.2 Å². The third-order valence-electron chi connectivity index (χ3n) is 2.23. The summed E-state index contributed by atoms with van der Waals surface area (Å²) in [5.74, 6) is 0. The highest BCUT2D eigenvalue weighted by atomic mass is 35.5. The maximum atomic E-state index is 11.7. The zero-order valence-corrected chi connectivity index (χ0v) is 12.0. The monoisotopic (exact) mass is 305 g/mol. The molecule has 1 aromatic carbocycles. The molecule has 1 rings (SSSR count). The Kier molecular flexibility index (Phi) is 5.65. The van der Waals surface area contributed by atoms with E-state index < -0.39 is 6.03 Å². The van der Waals surface area contributed by atoms with E-state index in [1.54, 1.807) is 18.2 Å². The second-order valence-corrected chi connectivity index (χ2v) is 4.90. The molecule has 18 heavy (non-hydrogen) atoms. The summed E-state index contributed by atoms with van der Waals surface area (Å²) in [7, 11) is 0. The molecule has 0 fully saturated rings. The summed E-state index contributed by atoms with van der Waals surface area (Å²) < 4.78 is 0. The minimum absolute atomic E-state index is 0.241. The van der Waals surface area contributed by atoms with E-state index in [-0.39, 0.29) is 11.0 Å². The number of anilines is 1. The lowest BCUT2D eigenvalue weighted by Crippen LogP contribution is -2.44. The fourth-order valence-corrected chi connectivity index (χ4v) is 1.85. The number of halogens is 2. The molecule has 0 aromatic heterocycles. The SMILES string of the molecule is CCC(NC(=O)Nc1cc(Cl)ccc1Cl)C(N)=S. The third-order valence-corrected chi connectivity index (χ3v) is 3.08. The molecule has 7 heteroatoms. The van der Waals surface area contributed by atoms with Gasteiger partial charge in [-0.3, -0.25) is 0 Å². The maximum absolute atomic E-state index is 11.7. The first-order chi connectivity index (χ1) is 8.43. The quantitative estimate of drug-likeness (QED) is 0.748. The van der Waals surface area contributed by atoms with Gasteiger partial charge in [-0.25, -0.2) is 4.79 Å². The van der Waals surface area contributed by atoms with Crippen molar-refractivity contribution >= 4 is 52.1 Å². The molecule has 0 heterocycles. The van der Waals surface area contributed by atoms with Crippen molar-refractivity contribution in [1.29, 1.82) is 0 Å². The lowest BCUT2D eigenvalue weighted by molar-refractivity contribution is 0.250. The molecule has 4 N–H and O–H groups in total. The molecule has 0 aliphatic heterocycles. The van der Waals surface area contributed by atoms with E-state index in [2.05, 4.69) is 10.6 Å². The predicted octanol–water partition coefficient (Wildman–Crippen LogP) is 3.18. The molecule has 2 amide bonds. The Morgan fingerprint density at radius 3 is 2.72 bits per heavy atom. The van der Waals surface area contributed by atoms with E-state index in [0.29, 0.717) is 22.2 Å². The van der Waals surface area contributed by atoms with Crippen LogP contribution in [-0.2, 0) is 0 Å². The molecule has 4 nitrogen and oxygen atoms in total. The summed E-state index contributed by atoms with van der Waals surface area (Å²) in [4.78, 5) is 12.0. The molecule has 0 spiro atoms. The van der Waals surface area contributed by atoms with Gasteiger partial charge >= 0.3 is 6.03 Å². The van der Waals surface area contributed by atoms with Gasteiger partial charge in [0.2, 0.25) is 0 Å². The summed E-state index contributed by atoms with van der Waals surface area (Å²) in [5.41, 5.74) is 5.91. The zero-order chi connectivity index (χ0) is 13.7. The topological polar surface area (TPSA) is 67.2 Å². The number of carbonyl (C=O) groups excluding carboxylic acids is 1. The molecule has 98 valence electrons. The molecule has 0 saturated heterocycles. The molecule has 0 bridgehead atoms. The molecule has 0 aliphatic rings. The van der Waals surface area contributed by atoms with Crippen LogP contribution in [0.2, 0.25) is 10.0 Å². The molecular formula is C11H13Cl2N3OS. The standard InChI is InChI=1S/C11H13Cl2N3OS/c1-2-8(10(14)18)15-11(17)16-9-5-6(12)3-4-7(9)13/h3-5,8H,2H2,1H3,(H2,14,18)(H2,15,16,17). The van der Waals surface area contributed by atoms with E-state index in [0.717, 1.165) is 0 Å². The molecule has 1 atom stereocenters. The fourth-order valence-electron chi connectivity index (χ4n) is 1.28.